The highest BCUT2D eigenvalue weighted by atomic mass is 19.2. The molecule has 29 heavy (non-hydrogen) atoms. The van der Waals surface area contributed by atoms with Crippen molar-refractivity contribution in [2.45, 2.75) is 19.3 Å². The average Bonchev–Trinajstić information content (AvgIpc) is 3.09. The van der Waals surface area contributed by atoms with E-state index >= 15 is 0 Å². The normalized spacial score (nSPS) is 15.8. The van der Waals surface area contributed by atoms with Crippen molar-refractivity contribution in [1.29, 1.82) is 0 Å². The Hall–Kier alpha value is -3.23. The molecular weight excluding hydrogens is 395 g/mol. The molecular formula is C20H13F5N2O2. The van der Waals surface area contributed by atoms with Crippen LogP contribution in [0.25, 0.3) is 11.3 Å². The summed E-state index contributed by atoms with van der Waals surface area (Å²) < 4.78 is 72.3. The highest BCUT2D eigenvalue weighted by Gasteiger charge is 2.31. The summed E-state index contributed by atoms with van der Waals surface area (Å²) in [6.07, 6.45) is 0.887. The summed E-state index contributed by atoms with van der Waals surface area (Å²) in [5.41, 5.74) is 0.876. The number of rotatable bonds is 3. The standard InChI is InChI=1S/C20H13F5N2O2/c21-10-2-3-12(14(22)6-10)19-13-5-9(1-4-17(13)27-29-19)20(28)26-11-7-15(23)18(25)16(24)8-11/h2-3,6-9H,1,4-5H2,(H,26,28). The number of benzene rings is 2. The number of halogens is 5. The SMILES string of the molecule is O=C(Nc1cc(F)c(F)c(F)c1)C1CCc2noc(-c3ccc(F)cc3F)c2C1. The molecule has 1 N–H and O–H groups in total. The van der Waals surface area contributed by atoms with Gasteiger partial charge in [-0.15, -0.1) is 0 Å². The molecule has 4 rings (SSSR count). The first kappa shape index (κ1) is 19.1. The number of hydrogen-bond donors (Lipinski definition) is 1. The van der Waals surface area contributed by atoms with Crippen LogP contribution in [0, 0.1) is 35.0 Å². The minimum absolute atomic E-state index is 0.0175. The molecule has 1 atom stereocenters. The Balaban J connectivity index is 1.57. The first-order chi connectivity index (χ1) is 13.8. The largest absolute Gasteiger partial charge is 0.356 e. The molecule has 1 aromatic heterocycles. The number of anilines is 1. The van der Waals surface area contributed by atoms with E-state index in [4.69, 9.17) is 4.52 Å². The molecule has 1 aliphatic carbocycles. The Morgan fingerprint density at radius 1 is 1.03 bits per heavy atom. The second-order valence-corrected chi connectivity index (χ2v) is 6.74. The van der Waals surface area contributed by atoms with E-state index in [9.17, 15) is 26.7 Å². The molecule has 0 saturated carbocycles. The van der Waals surface area contributed by atoms with Crippen molar-refractivity contribution in [1.82, 2.24) is 5.16 Å². The van der Waals surface area contributed by atoms with Crippen LogP contribution in [0.5, 0.6) is 0 Å². The topological polar surface area (TPSA) is 55.1 Å². The average molecular weight is 408 g/mol. The predicted octanol–water partition coefficient (Wildman–Crippen LogP) is 4.78. The van der Waals surface area contributed by atoms with Gasteiger partial charge in [0, 0.05) is 35.4 Å². The van der Waals surface area contributed by atoms with Crippen molar-refractivity contribution in [3.8, 4) is 11.3 Å². The molecule has 1 unspecified atom stereocenters. The summed E-state index contributed by atoms with van der Waals surface area (Å²) >= 11 is 0. The molecule has 0 bridgehead atoms. The molecule has 2 aromatic carbocycles. The number of amides is 1. The third-order valence-electron chi connectivity index (χ3n) is 4.85. The smallest absolute Gasteiger partial charge is 0.227 e. The number of aromatic nitrogens is 1. The zero-order valence-electron chi connectivity index (χ0n) is 14.7. The van der Waals surface area contributed by atoms with Crippen LogP contribution in [-0.2, 0) is 17.6 Å². The van der Waals surface area contributed by atoms with Gasteiger partial charge < -0.3 is 9.84 Å². The number of nitrogens with zero attached hydrogens (tertiary/aromatic N) is 1. The quantitative estimate of drug-likeness (QED) is 0.501. The van der Waals surface area contributed by atoms with Gasteiger partial charge in [0.05, 0.1) is 11.3 Å². The first-order valence-corrected chi connectivity index (χ1v) is 8.71. The van der Waals surface area contributed by atoms with Crippen molar-refractivity contribution < 1.29 is 31.3 Å². The van der Waals surface area contributed by atoms with E-state index in [0.717, 1.165) is 12.1 Å². The maximum Gasteiger partial charge on any atom is 0.227 e. The fourth-order valence-electron chi connectivity index (χ4n) is 3.39. The minimum Gasteiger partial charge on any atom is -0.356 e. The molecule has 9 heteroatoms. The van der Waals surface area contributed by atoms with Crippen LogP contribution < -0.4 is 5.32 Å². The molecule has 1 heterocycles. The van der Waals surface area contributed by atoms with Gasteiger partial charge in [-0.05, 0) is 31.4 Å². The van der Waals surface area contributed by atoms with Crippen LogP contribution in [0.4, 0.5) is 27.6 Å². The Morgan fingerprint density at radius 2 is 1.76 bits per heavy atom. The van der Waals surface area contributed by atoms with Crippen LogP contribution in [-0.4, -0.2) is 11.1 Å². The minimum atomic E-state index is -1.62. The van der Waals surface area contributed by atoms with Gasteiger partial charge in [0.2, 0.25) is 5.91 Å². The van der Waals surface area contributed by atoms with E-state index in [0.29, 0.717) is 36.2 Å². The van der Waals surface area contributed by atoms with E-state index in [-0.39, 0.29) is 23.4 Å². The Morgan fingerprint density at radius 3 is 2.45 bits per heavy atom. The molecule has 0 spiro atoms. The Kier molecular flexibility index (Phi) is 4.81. The molecule has 0 radical (unpaired) electrons. The highest BCUT2D eigenvalue weighted by molar-refractivity contribution is 5.93. The van der Waals surface area contributed by atoms with Crippen molar-refractivity contribution in [2.75, 3.05) is 5.32 Å². The molecule has 150 valence electrons. The highest BCUT2D eigenvalue weighted by Crippen LogP contribution is 2.35. The van der Waals surface area contributed by atoms with Gasteiger partial charge in [0.15, 0.2) is 23.2 Å². The molecule has 0 fully saturated rings. The number of carbonyl (C=O) groups excluding carboxylic acids is 1. The first-order valence-electron chi connectivity index (χ1n) is 8.71. The second kappa shape index (κ2) is 7.31. The van der Waals surface area contributed by atoms with Gasteiger partial charge >= 0.3 is 0 Å². The number of carbonyl (C=O) groups is 1. The summed E-state index contributed by atoms with van der Waals surface area (Å²) in [5, 5.41) is 6.26. The van der Waals surface area contributed by atoms with Crippen molar-refractivity contribution >= 4 is 11.6 Å². The van der Waals surface area contributed by atoms with Gasteiger partial charge in [-0.1, -0.05) is 5.16 Å². The molecule has 4 nitrogen and oxygen atoms in total. The monoisotopic (exact) mass is 408 g/mol. The zero-order valence-corrected chi connectivity index (χ0v) is 14.7. The van der Waals surface area contributed by atoms with Gasteiger partial charge in [-0.25, -0.2) is 22.0 Å². The van der Waals surface area contributed by atoms with E-state index in [2.05, 4.69) is 10.5 Å². The maximum atomic E-state index is 14.1. The number of nitrogens with one attached hydrogen (secondary N) is 1. The van der Waals surface area contributed by atoms with Crippen LogP contribution >= 0.6 is 0 Å². The predicted molar refractivity (Wildman–Crippen MR) is 92.3 cm³/mol. The van der Waals surface area contributed by atoms with Crippen molar-refractivity contribution in [3.05, 3.63) is 70.7 Å². The van der Waals surface area contributed by atoms with Crippen LogP contribution in [0.1, 0.15) is 17.7 Å². The summed E-state index contributed by atoms with van der Waals surface area (Å²) in [6.45, 7) is 0. The maximum absolute atomic E-state index is 14.1. The molecule has 3 aromatic rings. The van der Waals surface area contributed by atoms with Gasteiger partial charge in [-0.2, -0.15) is 0 Å². The molecule has 0 aliphatic heterocycles. The summed E-state index contributed by atoms with van der Waals surface area (Å²) in [5.74, 6) is -7.06. The molecule has 1 aliphatic rings. The number of fused-ring (bicyclic) bond motifs is 1. The van der Waals surface area contributed by atoms with Crippen LogP contribution in [0.15, 0.2) is 34.9 Å². The van der Waals surface area contributed by atoms with Gasteiger partial charge in [0.25, 0.3) is 0 Å². The third kappa shape index (κ3) is 3.59. The third-order valence-corrected chi connectivity index (χ3v) is 4.85. The van der Waals surface area contributed by atoms with E-state index in [1.54, 1.807) is 0 Å². The number of hydrogen-bond acceptors (Lipinski definition) is 3. The van der Waals surface area contributed by atoms with Gasteiger partial charge in [-0.3, -0.25) is 4.79 Å². The zero-order chi connectivity index (χ0) is 20.7. The lowest BCUT2D eigenvalue weighted by atomic mass is 9.85. The summed E-state index contributed by atoms with van der Waals surface area (Å²) in [6, 6.07) is 4.39. The summed E-state index contributed by atoms with van der Waals surface area (Å²) in [7, 11) is 0. The Labute approximate surface area is 161 Å². The second-order valence-electron chi connectivity index (χ2n) is 6.74. The van der Waals surface area contributed by atoms with E-state index in [1.807, 2.05) is 0 Å². The Bertz CT molecular complexity index is 1090. The van der Waals surface area contributed by atoms with Crippen LogP contribution in [0.3, 0.4) is 0 Å². The fraction of sp³-hybridized carbons (Fsp3) is 0.200. The van der Waals surface area contributed by atoms with Gasteiger partial charge in [0.1, 0.15) is 11.6 Å². The molecule has 1 amide bonds. The molecule has 0 saturated heterocycles. The lowest BCUT2D eigenvalue weighted by Gasteiger charge is -2.21. The van der Waals surface area contributed by atoms with Crippen molar-refractivity contribution in [2.24, 2.45) is 5.92 Å². The van der Waals surface area contributed by atoms with E-state index < -0.39 is 40.9 Å². The van der Waals surface area contributed by atoms with Crippen molar-refractivity contribution in [3.63, 3.8) is 0 Å². The summed E-state index contributed by atoms with van der Waals surface area (Å²) in [4.78, 5) is 12.5. The lowest BCUT2D eigenvalue weighted by Crippen LogP contribution is -2.28. The van der Waals surface area contributed by atoms with E-state index in [1.165, 1.54) is 6.07 Å². The van der Waals surface area contributed by atoms with Crippen LogP contribution in [0.2, 0.25) is 0 Å². The lowest BCUT2D eigenvalue weighted by molar-refractivity contribution is -0.120. The fourth-order valence-corrected chi connectivity index (χ4v) is 3.39. The number of aryl methyl sites for hydroxylation is 1.